The summed E-state index contributed by atoms with van der Waals surface area (Å²) in [4.78, 5) is 4.03. The second kappa shape index (κ2) is 3.57. The van der Waals surface area contributed by atoms with Gasteiger partial charge in [-0.15, -0.1) is 0 Å². The van der Waals surface area contributed by atoms with Gasteiger partial charge >= 0.3 is 10.1 Å². The van der Waals surface area contributed by atoms with Crippen LogP contribution in [0.15, 0.2) is 6.20 Å². The van der Waals surface area contributed by atoms with Gasteiger partial charge < -0.3 is 4.18 Å². The Morgan fingerprint density at radius 1 is 1.29 bits per heavy atom. The van der Waals surface area contributed by atoms with Crippen LogP contribution in [-0.4, -0.2) is 19.7 Å². The summed E-state index contributed by atoms with van der Waals surface area (Å²) in [5.74, 6) is 0.340. The van der Waals surface area contributed by atoms with Crippen LogP contribution < -0.4 is 4.18 Å². The highest BCUT2D eigenvalue weighted by Gasteiger charge is 2.12. The molecule has 1 heterocycles. The van der Waals surface area contributed by atoms with E-state index in [0.29, 0.717) is 11.4 Å². The largest absolute Gasteiger partial charge is 0.380 e. The molecule has 0 fully saturated rings. The fourth-order valence-corrected chi connectivity index (χ4v) is 1.62. The average molecular weight is 215 g/mol. The summed E-state index contributed by atoms with van der Waals surface area (Å²) in [7, 11) is -3.48. The lowest BCUT2D eigenvalue weighted by Crippen LogP contribution is -2.09. The Morgan fingerprint density at radius 2 is 1.86 bits per heavy atom. The number of nitrogens with zero attached hydrogens (tertiary/aromatic N) is 1. The van der Waals surface area contributed by atoms with Gasteiger partial charge in [0.05, 0.1) is 11.9 Å². The van der Waals surface area contributed by atoms with Crippen molar-refractivity contribution in [2.75, 3.05) is 6.26 Å². The highest BCUT2D eigenvalue weighted by Crippen LogP contribution is 2.24. The Labute approximate surface area is 84.1 Å². The fraction of sp³-hybridized carbons (Fsp3) is 0.444. The van der Waals surface area contributed by atoms with Crippen molar-refractivity contribution in [3.05, 3.63) is 23.0 Å². The van der Waals surface area contributed by atoms with E-state index in [0.717, 1.165) is 17.4 Å². The topological polar surface area (TPSA) is 56.3 Å². The first-order valence-corrected chi connectivity index (χ1v) is 5.95. The van der Waals surface area contributed by atoms with Crippen molar-refractivity contribution < 1.29 is 12.6 Å². The second-order valence-corrected chi connectivity index (χ2v) is 4.84. The van der Waals surface area contributed by atoms with Crippen molar-refractivity contribution in [2.45, 2.75) is 20.8 Å². The van der Waals surface area contributed by atoms with Crippen LogP contribution in [0.2, 0.25) is 0 Å². The third-order valence-electron chi connectivity index (χ3n) is 1.95. The zero-order valence-electron chi connectivity index (χ0n) is 8.66. The zero-order valence-corrected chi connectivity index (χ0v) is 9.47. The quantitative estimate of drug-likeness (QED) is 0.699. The molecule has 14 heavy (non-hydrogen) atoms. The Bertz CT molecular complexity index is 451. The molecule has 1 aromatic heterocycles. The number of pyridine rings is 1. The maximum atomic E-state index is 11.0. The summed E-state index contributed by atoms with van der Waals surface area (Å²) in [6.45, 7) is 5.38. The lowest BCUT2D eigenvalue weighted by Gasteiger charge is -2.10. The van der Waals surface area contributed by atoms with Gasteiger partial charge in [0.15, 0.2) is 5.75 Å². The lowest BCUT2D eigenvalue weighted by atomic mass is 10.1. The molecular weight excluding hydrogens is 202 g/mol. The fourth-order valence-electron chi connectivity index (χ4n) is 1.07. The van der Waals surface area contributed by atoms with E-state index in [1.54, 1.807) is 13.1 Å². The predicted molar refractivity (Wildman–Crippen MR) is 53.9 cm³/mol. The molecule has 4 nitrogen and oxygen atoms in total. The third kappa shape index (κ3) is 2.45. The van der Waals surface area contributed by atoms with Crippen LogP contribution in [0.5, 0.6) is 5.75 Å². The van der Waals surface area contributed by atoms with Crippen molar-refractivity contribution in [1.29, 1.82) is 0 Å². The molecule has 0 atom stereocenters. The third-order valence-corrected chi connectivity index (χ3v) is 2.42. The molecule has 0 amide bonds. The number of aryl methyl sites for hydroxylation is 2. The molecule has 0 saturated heterocycles. The molecule has 0 aliphatic rings. The SMILES string of the molecule is Cc1cnc(C)c(OS(C)(=O)=O)c1C. The molecule has 0 bridgehead atoms. The van der Waals surface area contributed by atoms with Gasteiger partial charge in [0.2, 0.25) is 0 Å². The first-order chi connectivity index (χ1) is 6.31. The van der Waals surface area contributed by atoms with Gasteiger partial charge in [-0.2, -0.15) is 8.42 Å². The van der Waals surface area contributed by atoms with E-state index in [-0.39, 0.29) is 0 Å². The molecule has 0 saturated carbocycles. The van der Waals surface area contributed by atoms with Gasteiger partial charge in [-0.25, -0.2) is 0 Å². The number of rotatable bonds is 2. The molecule has 1 aromatic rings. The van der Waals surface area contributed by atoms with Gasteiger partial charge in [0.1, 0.15) is 0 Å². The molecule has 78 valence electrons. The second-order valence-electron chi connectivity index (χ2n) is 3.27. The summed E-state index contributed by atoms with van der Waals surface area (Å²) in [6.07, 6.45) is 2.72. The summed E-state index contributed by atoms with van der Waals surface area (Å²) in [5.41, 5.74) is 2.30. The molecule has 0 unspecified atom stereocenters. The van der Waals surface area contributed by atoms with Crippen LogP contribution in [0.4, 0.5) is 0 Å². The lowest BCUT2D eigenvalue weighted by molar-refractivity contribution is 0.487. The standard InChI is InChI=1S/C9H13NO3S/c1-6-5-10-8(3)9(7(6)2)13-14(4,11)12/h5H,1-4H3. The molecule has 1 rings (SSSR count). The Morgan fingerprint density at radius 3 is 2.36 bits per heavy atom. The molecule has 0 radical (unpaired) electrons. The van der Waals surface area contributed by atoms with E-state index in [4.69, 9.17) is 4.18 Å². The predicted octanol–water partition coefficient (Wildman–Crippen LogP) is 1.35. The smallest absolute Gasteiger partial charge is 0.306 e. The molecular formula is C9H13NO3S. The van der Waals surface area contributed by atoms with Crippen molar-refractivity contribution in [3.63, 3.8) is 0 Å². The van der Waals surface area contributed by atoms with Gasteiger partial charge in [0.25, 0.3) is 0 Å². The monoisotopic (exact) mass is 215 g/mol. The Balaban J connectivity index is 3.27. The highest BCUT2D eigenvalue weighted by atomic mass is 32.2. The summed E-state index contributed by atoms with van der Waals surface area (Å²) in [6, 6.07) is 0. The van der Waals surface area contributed by atoms with E-state index < -0.39 is 10.1 Å². The van der Waals surface area contributed by atoms with Crippen molar-refractivity contribution in [1.82, 2.24) is 4.98 Å². The number of aromatic nitrogens is 1. The maximum absolute atomic E-state index is 11.0. The van der Waals surface area contributed by atoms with E-state index in [2.05, 4.69) is 4.98 Å². The van der Waals surface area contributed by atoms with Crippen LogP contribution in [0.1, 0.15) is 16.8 Å². The van der Waals surface area contributed by atoms with Gasteiger partial charge in [-0.1, -0.05) is 0 Å². The Kier molecular flexibility index (Phi) is 2.80. The van der Waals surface area contributed by atoms with Crippen LogP contribution in [0.3, 0.4) is 0 Å². The number of hydrogen-bond donors (Lipinski definition) is 0. The van der Waals surface area contributed by atoms with E-state index in [1.807, 2.05) is 13.8 Å². The molecule has 0 aromatic carbocycles. The minimum Gasteiger partial charge on any atom is -0.380 e. The normalized spacial score (nSPS) is 11.4. The van der Waals surface area contributed by atoms with Gasteiger partial charge in [-0.05, 0) is 31.9 Å². The van der Waals surface area contributed by atoms with Crippen LogP contribution in [0, 0.1) is 20.8 Å². The summed E-state index contributed by atoms with van der Waals surface area (Å²) in [5, 5.41) is 0. The van der Waals surface area contributed by atoms with E-state index in [9.17, 15) is 8.42 Å². The van der Waals surface area contributed by atoms with Crippen molar-refractivity contribution in [2.24, 2.45) is 0 Å². The highest BCUT2D eigenvalue weighted by molar-refractivity contribution is 7.86. The van der Waals surface area contributed by atoms with Crippen molar-refractivity contribution in [3.8, 4) is 5.75 Å². The van der Waals surface area contributed by atoms with Gasteiger partial charge in [0, 0.05) is 6.20 Å². The van der Waals surface area contributed by atoms with E-state index >= 15 is 0 Å². The first-order valence-electron chi connectivity index (χ1n) is 4.13. The molecule has 0 spiro atoms. The van der Waals surface area contributed by atoms with Crippen LogP contribution >= 0.6 is 0 Å². The molecule has 0 aliphatic heterocycles. The minimum absolute atomic E-state index is 0.340. The van der Waals surface area contributed by atoms with Gasteiger partial charge in [-0.3, -0.25) is 4.98 Å². The average Bonchev–Trinajstić information content (AvgIpc) is 2.04. The number of hydrogen-bond acceptors (Lipinski definition) is 4. The first kappa shape index (κ1) is 11.0. The molecule has 0 aliphatic carbocycles. The minimum atomic E-state index is -3.48. The van der Waals surface area contributed by atoms with Crippen LogP contribution in [0.25, 0.3) is 0 Å². The van der Waals surface area contributed by atoms with E-state index in [1.165, 1.54) is 0 Å². The Hall–Kier alpha value is -1.10. The molecule has 0 N–H and O–H groups in total. The zero-order chi connectivity index (χ0) is 10.9. The maximum Gasteiger partial charge on any atom is 0.306 e. The molecule has 5 heteroatoms. The van der Waals surface area contributed by atoms with Crippen LogP contribution in [-0.2, 0) is 10.1 Å². The summed E-state index contributed by atoms with van der Waals surface area (Å²) < 4.78 is 26.8. The summed E-state index contributed by atoms with van der Waals surface area (Å²) >= 11 is 0. The van der Waals surface area contributed by atoms with Crippen molar-refractivity contribution >= 4 is 10.1 Å².